The van der Waals surface area contributed by atoms with Crippen molar-refractivity contribution in [3.63, 3.8) is 0 Å². The highest BCUT2D eigenvalue weighted by molar-refractivity contribution is 7.13. The quantitative estimate of drug-likeness (QED) is 0.661. The molecule has 0 saturated carbocycles. The van der Waals surface area contributed by atoms with Gasteiger partial charge in [-0.3, -0.25) is 9.69 Å². The van der Waals surface area contributed by atoms with Gasteiger partial charge in [-0.05, 0) is 30.0 Å². The van der Waals surface area contributed by atoms with Gasteiger partial charge in [-0.15, -0.1) is 17.8 Å². The van der Waals surface area contributed by atoms with Crippen molar-refractivity contribution in [2.75, 3.05) is 44.2 Å². The van der Waals surface area contributed by atoms with Gasteiger partial charge in [-0.2, -0.15) is 0 Å². The SMILES string of the molecule is C#CCNC(=O)CN1CCCN(c2nc(-c3cccs3)nc3ccccc23)CC1. The number of nitrogens with one attached hydrogen (secondary N) is 1. The van der Waals surface area contributed by atoms with Crippen molar-refractivity contribution in [3.8, 4) is 23.0 Å². The van der Waals surface area contributed by atoms with E-state index in [2.05, 4.69) is 33.2 Å². The Morgan fingerprint density at radius 3 is 2.86 bits per heavy atom. The van der Waals surface area contributed by atoms with Crippen molar-refractivity contribution in [3.05, 3.63) is 41.8 Å². The van der Waals surface area contributed by atoms with Crippen molar-refractivity contribution in [2.45, 2.75) is 6.42 Å². The largest absolute Gasteiger partial charge is 0.355 e. The summed E-state index contributed by atoms with van der Waals surface area (Å²) in [7, 11) is 0. The van der Waals surface area contributed by atoms with Crippen LogP contribution in [0.25, 0.3) is 21.6 Å². The molecule has 1 saturated heterocycles. The summed E-state index contributed by atoms with van der Waals surface area (Å²) < 4.78 is 0. The summed E-state index contributed by atoms with van der Waals surface area (Å²) in [6, 6.07) is 12.2. The zero-order chi connectivity index (χ0) is 20.1. The molecule has 0 unspecified atom stereocenters. The minimum atomic E-state index is -0.0242. The minimum Gasteiger partial charge on any atom is -0.355 e. The molecule has 1 aliphatic heterocycles. The number of rotatable bonds is 5. The number of aromatic nitrogens is 2. The fraction of sp³-hybridized carbons (Fsp3) is 0.318. The molecular formula is C22H23N5OS. The highest BCUT2D eigenvalue weighted by Gasteiger charge is 2.20. The van der Waals surface area contributed by atoms with Crippen LogP contribution in [0.15, 0.2) is 41.8 Å². The van der Waals surface area contributed by atoms with Gasteiger partial charge in [0.25, 0.3) is 0 Å². The fourth-order valence-corrected chi connectivity index (χ4v) is 4.22. The first-order valence-electron chi connectivity index (χ1n) is 9.73. The number of hydrogen-bond donors (Lipinski definition) is 1. The maximum atomic E-state index is 12.0. The monoisotopic (exact) mass is 405 g/mol. The first-order chi connectivity index (χ1) is 14.2. The lowest BCUT2D eigenvalue weighted by Crippen LogP contribution is -2.39. The van der Waals surface area contributed by atoms with E-state index in [-0.39, 0.29) is 12.5 Å². The van der Waals surface area contributed by atoms with Gasteiger partial charge in [0.1, 0.15) is 5.82 Å². The van der Waals surface area contributed by atoms with E-state index >= 15 is 0 Å². The third kappa shape index (κ3) is 4.56. The Hall–Kier alpha value is -2.95. The molecule has 1 amide bonds. The molecule has 3 aromatic rings. The van der Waals surface area contributed by atoms with Crippen LogP contribution in [-0.4, -0.2) is 60.0 Å². The average Bonchev–Trinajstić information content (AvgIpc) is 3.19. The summed E-state index contributed by atoms with van der Waals surface area (Å²) in [6.45, 7) is 4.04. The van der Waals surface area contributed by atoms with Crippen molar-refractivity contribution in [1.29, 1.82) is 0 Å². The van der Waals surface area contributed by atoms with Crippen LogP contribution < -0.4 is 10.2 Å². The van der Waals surface area contributed by atoms with Crippen LogP contribution in [0.4, 0.5) is 5.82 Å². The molecule has 2 aromatic heterocycles. The molecule has 1 fully saturated rings. The van der Waals surface area contributed by atoms with Crippen molar-refractivity contribution in [2.24, 2.45) is 0 Å². The standard InChI is InChI=1S/C22H23N5OS/c1-2-10-23-20(28)16-26-11-6-12-27(14-13-26)22-17-7-3-4-8-18(17)24-21(25-22)19-9-5-15-29-19/h1,3-5,7-9,15H,6,10-14,16H2,(H,23,28). The van der Waals surface area contributed by atoms with Gasteiger partial charge in [0.15, 0.2) is 5.82 Å². The molecule has 3 heterocycles. The van der Waals surface area contributed by atoms with Crippen LogP contribution in [0.2, 0.25) is 0 Å². The number of benzene rings is 1. The van der Waals surface area contributed by atoms with Crippen LogP contribution in [0.3, 0.4) is 0 Å². The number of anilines is 1. The number of fused-ring (bicyclic) bond motifs is 1. The molecule has 0 bridgehead atoms. The van der Waals surface area contributed by atoms with E-state index < -0.39 is 0 Å². The van der Waals surface area contributed by atoms with E-state index in [1.54, 1.807) is 11.3 Å². The van der Waals surface area contributed by atoms with Crippen LogP contribution in [0.1, 0.15) is 6.42 Å². The molecule has 0 spiro atoms. The molecule has 0 aliphatic carbocycles. The van der Waals surface area contributed by atoms with Gasteiger partial charge in [0.2, 0.25) is 5.91 Å². The summed E-state index contributed by atoms with van der Waals surface area (Å²) in [4.78, 5) is 27.3. The smallest absolute Gasteiger partial charge is 0.234 e. The number of nitrogens with zero attached hydrogens (tertiary/aromatic N) is 4. The lowest BCUT2D eigenvalue weighted by molar-refractivity contribution is -0.121. The Morgan fingerprint density at radius 1 is 1.14 bits per heavy atom. The molecule has 6 nitrogen and oxygen atoms in total. The molecule has 1 aliphatic rings. The van der Waals surface area contributed by atoms with Gasteiger partial charge in [-0.1, -0.05) is 24.1 Å². The molecule has 1 aromatic carbocycles. The van der Waals surface area contributed by atoms with Gasteiger partial charge < -0.3 is 10.2 Å². The third-order valence-electron chi connectivity index (χ3n) is 4.97. The fourth-order valence-electron chi connectivity index (χ4n) is 3.57. The molecule has 148 valence electrons. The van der Waals surface area contributed by atoms with E-state index in [1.165, 1.54) is 0 Å². The lowest BCUT2D eigenvalue weighted by Gasteiger charge is -2.24. The van der Waals surface area contributed by atoms with Crippen LogP contribution >= 0.6 is 11.3 Å². The van der Waals surface area contributed by atoms with Crippen molar-refractivity contribution < 1.29 is 4.79 Å². The summed E-state index contributed by atoms with van der Waals surface area (Å²) in [5.41, 5.74) is 0.954. The zero-order valence-corrected chi connectivity index (χ0v) is 17.0. The zero-order valence-electron chi connectivity index (χ0n) is 16.2. The Bertz CT molecular complexity index is 1030. The van der Waals surface area contributed by atoms with E-state index in [4.69, 9.17) is 16.4 Å². The van der Waals surface area contributed by atoms with Gasteiger partial charge in [-0.25, -0.2) is 9.97 Å². The van der Waals surface area contributed by atoms with Crippen LogP contribution in [-0.2, 0) is 4.79 Å². The van der Waals surface area contributed by atoms with Crippen molar-refractivity contribution in [1.82, 2.24) is 20.2 Å². The van der Waals surface area contributed by atoms with Crippen molar-refractivity contribution >= 4 is 34.0 Å². The molecule has 4 rings (SSSR count). The second kappa shape index (κ2) is 9.03. The normalized spacial score (nSPS) is 15.1. The number of para-hydroxylation sites is 1. The summed E-state index contributed by atoms with van der Waals surface area (Å²) in [5, 5.41) is 5.85. The molecular weight excluding hydrogens is 382 g/mol. The van der Waals surface area contributed by atoms with Gasteiger partial charge in [0.05, 0.1) is 23.5 Å². The third-order valence-corrected chi connectivity index (χ3v) is 5.83. The number of carbonyl (C=O) groups is 1. The molecule has 1 N–H and O–H groups in total. The predicted octanol–water partition coefficient (Wildman–Crippen LogP) is 2.62. The predicted molar refractivity (Wildman–Crippen MR) is 118 cm³/mol. The number of thiophene rings is 1. The van der Waals surface area contributed by atoms with E-state index in [1.807, 2.05) is 29.6 Å². The summed E-state index contributed by atoms with van der Waals surface area (Å²) in [6.07, 6.45) is 6.18. The first-order valence-corrected chi connectivity index (χ1v) is 10.6. The minimum absolute atomic E-state index is 0.0242. The van der Waals surface area contributed by atoms with Gasteiger partial charge in [0, 0.05) is 31.6 Å². The molecule has 29 heavy (non-hydrogen) atoms. The van der Waals surface area contributed by atoms with E-state index in [0.717, 1.165) is 60.0 Å². The highest BCUT2D eigenvalue weighted by Crippen LogP contribution is 2.30. The van der Waals surface area contributed by atoms with Crippen LogP contribution in [0, 0.1) is 12.3 Å². The maximum Gasteiger partial charge on any atom is 0.234 e. The second-order valence-electron chi connectivity index (χ2n) is 6.96. The Morgan fingerprint density at radius 2 is 2.03 bits per heavy atom. The number of terminal acetylenes is 1. The number of amides is 1. The van der Waals surface area contributed by atoms with E-state index in [0.29, 0.717) is 6.54 Å². The lowest BCUT2D eigenvalue weighted by atomic mass is 10.2. The maximum absolute atomic E-state index is 12.0. The number of hydrogen-bond acceptors (Lipinski definition) is 6. The van der Waals surface area contributed by atoms with E-state index in [9.17, 15) is 4.79 Å². The van der Waals surface area contributed by atoms with Gasteiger partial charge >= 0.3 is 0 Å². The Balaban J connectivity index is 1.56. The Kier molecular flexibility index (Phi) is 6.03. The number of carbonyl (C=O) groups excluding carboxylic acids is 1. The molecule has 0 atom stereocenters. The van der Waals surface area contributed by atoms with Crippen LogP contribution in [0.5, 0.6) is 0 Å². The molecule has 7 heteroatoms. The summed E-state index contributed by atoms with van der Waals surface area (Å²) >= 11 is 1.65. The average molecular weight is 406 g/mol. The first kappa shape index (κ1) is 19.4. The second-order valence-corrected chi connectivity index (χ2v) is 7.91. The topological polar surface area (TPSA) is 61.4 Å². The molecule has 0 radical (unpaired) electrons. The highest BCUT2D eigenvalue weighted by atomic mass is 32.1. The summed E-state index contributed by atoms with van der Waals surface area (Å²) in [5.74, 6) is 4.15. The Labute approximate surface area is 174 Å².